The molecule has 1 nitrogen and oxygen atoms in total. The molecule has 1 unspecified atom stereocenters. The summed E-state index contributed by atoms with van der Waals surface area (Å²) in [6, 6.07) is 10.4. The van der Waals surface area contributed by atoms with Crippen molar-refractivity contribution < 1.29 is 4.74 Å². The smallest absolute Gasteiger partial charge is 0.0867 e. The van der Waals surface area contributed by atoms with Crippen molar-refractivity contribution in [2.45, 2.75) is 12.5 Å². The van der Waals surface area contributed by atoms with Crippen molar-refractivity contribution in [3.63, 3.8) is 0 Å². The van der Waals surface area contributed by atoms with Gasteiger partial charge in [0.2, 0.25) is 0 Å². The highest BCUT2D eigenvalue weighted by molar-refractivity contribution is 14.2. The fraction of sp³-hybridized carbons (Fsp3) is 0.273. The summed E-state index contributed by atoms with van der Waals surface area (Å²) in [7, 11) is 0. The van der Waals surface area contributed by atoms with Crippen molar-refractivity contribution in [2.75, 3.05) is 6.61 Å². The first kappa shape index (κ1) is 10.9. The van der Waals surface area contributed by atoms with Crippen LogP contribution in [0.15, 0.2) is 37.5 Å². The molecular formula is C11H10I2O. The second-order valence-electron chi connectivity index (χ2n) is 3.28. The predicted octanol–water partition coefficient (Wildman–Crippen LogP) is 4.23. The molecule has 3 heteroatoms. The van der Waals surface area contributed by atoms with Crippen LogP contribution in [0.4, 0.5) is 0 Å². The molecule has 0 amide bonds. The summed E-state index contributed by atoms with van der Waals surface area (Å²) in [6.45, 7) is 0.792. The third-order valence-corrected chi connectivity index (χ3v) is 3.85. The largest absolute Gasteiger partial charge is 0.369 e. The second kappa shape index (κ2) is 4.94. The topological polar surface area (TPSA) is 9.23 Å². The van der Waals surface area contributed by atoms with Gasteiger partial charge < -0.3 is 4.74 Å². The Balaban J connectivity index is 2.14. The molecule has 74 valence electrons. The van der Waals surface area contributed by atoms with Gasteiger partial charge in [0, 0.05) is 6.42 Å². The molecule has 0 radical (unpaired) electrons. The Morgan fingerprint density at radius 3 is 2.50 bits per heavy atom. The summed E-state index contributed by atoms with van der Waals surface area (Å²) < 4.78 is 7.09. The van der Waals surface area contributed by atoms with E-state index in [1.54, 1.807) is 0 Å². The van der Waals surface area contributed by atoms with Crippen molar-refractivity contribution in [3.05, 3.63) is 43.1 Å². The summed E-state index contributed by atoms with van der Waals surface area (Å²) in [6.07, 6.45) is 1.32. The van der Waals surface area contributed by atoms with Gasteiger partial charge in [0.15, 0.2) is 0 Å². The van der Waals surface area contributed by atoms with Gasteiger partial charge in [-0.05, 0) is 56.3 Å². The quantitative estimate of drug-likeness (QED) is 0.628. The lowest BCUT2D eigenvalue weighted by atomic mass is 10.1. The van der Waals surface area contributed by atoms with E-state index in [4.69, 9.17) is 4.74 Å². The van der Waals surface area contributed by atoms with E-state index in [0.717, 1.165) is 13.0 Å². The Labute approximate surface area is 111 Å². The van der Waals surface area contributed by atoms with Gasteiger partial charge >= 0.3 is 0 Å². The Kier molecular flexibility index (Phi) is 3.84. The number of halogens is 2. The van der Waals surface area contributed by atoms with Crippen LogP contribution in [-0.4, -0.2) is 6.61 Å². The van der Waals surface area contributed by atoms with E-state index in [-0.39, 0.29) is 6.10 Å². The molecule has 1 fully saturated rings. The maximum absolute atomic E-state index is 5.75. The summed E-state index contributed by atoms with van der Waals surface area (Å²) in [5, 5.41) is 0. The summed E-state index contributed by atoms with van der Waals surface area (Å²) >= 11 is 4.72. The zero-order valence-electron chi connectivity index (χ0n) is 7.54. The molecule has 1 atom stereocenters. The predicted molar refractivity (Wildman–Crippen MR) is 74.8 cm³/mol. The van der Waals surface area contributed by atoms with Crippen LogP contribution in [0.5, 0.6) is 0 Å². The van der Waals surface area contributed by atoms with Gasteiger partial charge in [-0.15, -0.1) is 0 Å². The molecule has 0 aliphatic carbocycles. The van der Waals surface area contributed by atoms with E-state index in [0.29, 0.717) is 0 Å². The van der Waals surface area contributed by atoms with Crippen molar-refractivity contribution in [1.29, 1.82) is 0 Å². The molecule has 14 heavy (non-hydrogen) atoms. The van der Waals surface area contributed by atoms with Gasteiger partial charge in [0.05, 0.1) is 14.3 Å². The lowest BCUT2D eigenvalue weighted by molar-refractivity contribution is 0.115. The zero-order valence-corrected chi connectivity index (χ0v) is 11.9. The van der Waals surface area contributed by atoms with Crippen LogP contribution in [-0.2, 0) is 4.74 Å². The molecule has 1 aliphatic heterocycles. The molecule has 1 aliphatic rings. The monoisotopic (exact) mass is 412 g/mol. The van der Waals surface area contributed by atoms with Crippen LogP contribution in [0.3, 0.4) is 0 Å². The summed E-state index contributed by atoms with van der Waals surface area (Å²) in [4.78, 5) is 0. The van der Waals surface area contributed by atoms with E-state index in [1.165, 1.54) is 12.7 Å². The van der Waals surface area contributed by atoms with Crippen LogP contribution >= 0.6 is 45.2 Å². The van der Waals surface area contributed by atoms with Gasteiger partial charge in [-0.2, -0.15) is 0 Å². The van der Waals surface area contributed by atoms with E-state index < -0.39 is 0 Å². The minimum Gasteiger partial charge on any atom is -0.369 e. The molecule has 1 saturated heterocycles. The van der Waals surface area contributed by atoms with Gasteiger partial charge in [0.25, 0.3) is 0 Å². The molecule has 2 rings (SSSR count). The molecule has 1 aromatic rings. The van der Waals surface area contributed by atoms with Crippen LogP contribution in [0.25, 0.3) is 0 Å². The highest BCUT2D eigenvalue weighted by atomic mass is 127. The molecule has 1 aromatic carbocycles. The first-order valence-electron chi connectivity index (χ1n) is 4.47. The molecular weight excluding hydrogens is 402 g/mol. The maximum atomic E-state index is 5.75. The molecule has 1 heterocycles. The fourth-order valence-electron chi connectivity index (χ4n) is 1.56. The van der Waals surface area contributed by atoms with E-state index >= 15 is 0 Å². The first-order valence-corrected chi connectivity index (χ1v) is 6.62. The van der Waals surface area contributed by atoms with Gasteiger partial charge in [-0.25, -0.2) is 0 Å². The normalized spacial score (nSPS) is 21.3. The van der Waals surface area contributed by atoms with E-state index in [2.05, 4.69) is 69.4 Å². The number of hydrogen-bond donors (Lipinski definition) is 0. The maximum Gasteiger partial charge on any atom is 0.0867 e. The Bertz CT molecular complexity index is 342. The summed E-state index contributed by atoms with van der Waals surface area (Å²) in [5.41, 5.74) is 2.72. The SMILES string of the molecule is IC(I)=C1COC(c2ccccc2)C1. The zero-order chi connectivity index (χ0) is 9.97. The molecule has 0 saturated carbocycles. The number of ether oxygens (including phenoxy) is 1. The standard InChI is InChI=1S/C11H10I2O/c12-11(13)9-6-10(14-7-9)8-4-2-1-3-5-8/h1-5,10H,6-7H2. The molecule has 0 N–H and O–H groups in total. The van der Waals surface area contributed by atoms with Crippen LogP contribution < -0.4 is 0 Å². The van der Waals surface area contributed by atoms with Crippen molar-refractivity contribution in [3.8, 4) is 0 Å². The fourth-order valence-corrected chi connectivity index (χ4v) is 2.31. The van der Waals surface area contributed by atoms with Crippen molar-refractivity contribution in [1.82, 2.24) is 0 Å². The van der Waals surface area contributed by atoms with Crippen LogP contribution in [0.1, 0.15) is 18.1 Å². The first-order chi connectivity index (χ1) is 6.77. The molecule has 0 spiro atoms. The minimum atomic E-state index is 0.269. The average Bonchev–Trinajstić information content (AvgIpc) is 2.68. The second-order valence-corrected chi connectivity index (χ2v) is 7.50. The van der Waals surface area contributed by atoms with Crippen LogP contribution in [0.2, 0.25) is 0 Å². The Hall–Kier alpha value is 0.380. The third-order valence-electron chi connectivity index (χ3n) is 2.33. The van der Waals surface area contributed by atoms with Gasteiger partial charge in [-0.3, -0.25) is 0 Å². The lowest BCUT2D eigenvalue weighted by Crippen LogP contribution is -1.93. The van der Waals surface area contributed by atoms with Crippen molar-refractivity contribution in [2.24, 2.45) is 0 Å². The molecule has 0 bridgehead atoms. The van der Waals surface area contributed by atoms with Gasteiger partial charge in [-0.1, -0.05) is 30.3 Å². The lowest BCUT2D eigenvalue weighted by Gasteiger charge is -2.07. The number of rotatable bonds is 1. The minimum absolute atomic E-state index is 0.269. The number of hydrogen-bond acceptors (Lipinski definition) is 1. The van der Waals surface area contributed by atoms with Crippen molar-refractivity contribution >= 4 is 45.2 Å². The number of benzene rings is 1. The highest BCUT2D eigenvalue weighted by Gasteiger charge is 2.22. The van der Waals surface area contributed by atoms with Gasteiger partial charge in [0.1, 0.15) is 0 Å². The van der Waals surface area contributed by atoms with E-state index in [9.17, 15) is 0 Å². The third kappa shape index (κ3) is 2.49. The molecule has 0 aromatic heterocycles. The Morgan fingerprint density at radius 1 is 1.21 bits per heavy atom. The van der Waals surface area contributed by atoms with Crippen LogP contribution in [0, 0.1) is 0 Å². The Morgan fingerprint density at radius 2 is 1.93 bits per heavy atom. The highest BCUT2D eigenvalue weighted by Crippen LogP contribution is 2.36. The van der Waals surface area contributed by atoms with E-state index in [1.807, 2.05) is 6.07 Å². The average molecular weight is 412 g/mol. The summed E-state index contributed by atoms with van der Waals surface area (Å²) in [5.74, 6) is 0.